The van der Waals surface area contributed by atoms with Crippen LogP contribution < -0.4 is 10.5 Å². The second-order valence-corrected chi connectivity index (χ2v) is 7.46. The highest BCUT2D eigenvalue weighted by Crippen LogP contribution is 2.36. The summed E-state index contributed by atoms with van der Waals surface area (Å²) in [6.45, 7) is 4.14. The molecule has 2 aromatic carbocycles. The first-order chi connectivity index (χ1) is 14.0. The molecule has 0 aliphatic rings. The highest BCUT2D eigenvalue weighted by molar-refractivity contribution is 6.32. The van der Waals surface area contributed by atoms with E-state index >= 15 is 0 Å². The summed E-state index contributed by atoms with van der Waals surface area (Å²) >= 11 is 6.23. The summed E-state index contributed by atoms with van der Waals surface area (Å²) in [5.74, 6) is 1.65. The van der Waals surface area contributed by atoms with E-state index in [1.54, 1.807) is 18.2 Å². The van der Waals surface area contributed by atoms with E-state index in [0.717, 1.165) is 27.7 Å². The highest BCUT2D eigenvalue weighted by atomic mass is 35.5. The van der Waals surface area contributed by atoms with Gasteiger partial charge < -0.3 is 20.1 Å². The van der Waals surface area contributed by atoms with Crippen LogP contribution in [0.15, 0.2) is 55.0 Å². The predicted octanol–water partition coefficient (Wildman–Crippen LogP) is 5.20. The van der Waals surface area contributed by atoms with E-state index in [1.807, 2.05) is 24.3 Å². The van der Waals surface area contributed by atoms with Crippen molar-refractivity contribution >= 4 is 28.5 Å². The van der Waals surface area contributed by atoms with Gasteiger partial charge >= 0.3 is 0 Å². The molecule has 148 valence electrons. The fraction of sp³-hybridized carbons (Fsp3) is 0.182. The van der Waals surface area contributed by atoms with Crippen molar-refractivity contribution < 1.29 is 9.84 Å². The van der Waals surface area contributed by atoms with Gasteiger partial charge in [0.15, 0.2) is 0 Å². The average Bonchev–Trinajstić information content (AvgIpc) is 3.11. The molecule has 0 bridgehead atoms. The Morgan fingerprint density at radius 3 is 2.55 bits per heavy atom. The molecule has 0 fully saturated rings. The van der Waals surface area contributed by atoms with E-state index < -0.39 is 0 Å². The van der Waals surface area contributed by atoms with Gasteiger partial charge in [-0.25, -0.2) is 9.97 Å². The highest BCUT2D eigenvalue weighted by Gasteiger charge is 2.16. The lowest BCUT2D eigenvalue weighted by molar-refractivity contribution is 0.281. The minimum Gasteiger partial charge on any atom is -0.456 e. The Kier molecular flexibility index (Phi) is 5.13. The molecule has 0 saturated carbocycles. The molecule has 0 aliphatic carbocycles. The van der Waals surface area contributed by atoms with Crippen LogP contribution in [-0.2, 0) is 6.61 Å². The molecule has 6 nitrogen and oxygen atoms in total. The molecule has 0 unspecified atom stereocenters. The molecule has 2 aromatic heterocycles. The molecule has 0 saturated heterocycles. The van der Waals surface area contributed by atoms with Crippen LogP contribution in [0.4, 0.5) is 5.82 Å². The SMILES string of the molecule is CC(C)n1cc(-c2ccc(Oc3ccc(CO)cc3Cl)cc2)c2c(N)ncnc21. The zero-order valence-corrected chi connectivity index (χ0v) is 16.9. The van der Waals surface area contributed by atoms with Gasteiger partial charge in [0.05, 0.1) is 17.0 Å². The Bertz CT molecular complexity index is 1170. The number of hydrogen-bond donors (Lipinski definition) is 2. The van der Waals surface area contributed by atoms with Crippen LogP contribution >= 0.6 is 11.6 Å². The molecule has 2 heterocycles. The number of fused-ring (bicyclic) bond motifs is 1. The van der Waals surface area contributed by atoms with Crippen LogP contribution in [0.5, 0.6) is 11.5 Å². The minimum absolute atomic E-state index is 0.0640. The van der Waals surface area contributed by atoms with E-state index in [0.29, 0.717) is 22.3 Å². The average molecular weight is 409 g/mol. The fourth-order valence-electron chi connectivity index (χ4n) is 3.28. The summed E-state index contributed by atoms with van der Waals surface area (Å²) in [6.07, 6.45) is 3.55. The second kappa shape index (κ2) is 7.73. The second-order valence-electron chi connectivity index (χ2n) is 7.05. The first-order valence-corrected chi connectivity index (χ1v) is 9.64. The standard InChI is InChI=1S/C22H21ClN4O2/c1-13(2)27-10-17(20-21(24)25-12-26-22(20)27)15-4-6-16(7-5-15)29-19-8-3-14(11-28)9-18(19)23/h3-10,12-13,28H,11H2,1-2H3,(H2,24,25,26). The number of nitrogen functional groups attached to an aromatic ring is 1. The van der Waals surface area contributed by atoms with Crippen molar-refractivity contribution in [3.63, 3.8) is 0 Å². The summed E-state index contributed by atoms with van der Waals surface area (Å²) in [5.41, 5.74) is 9.68. The third-order valence-corrected chi connectivity index (χ3v) is 5.06. The van der Waals surface area contributed by atoms with E-state index in [-0.39, 0.29) is 12.6 Å². The van der Waals surface area contributed by atoms with Crippen LogP contribution in [-0.4, -0.2) is 19.6 Å². The zero-order valence-electron chi connectivity index (χ0n) is 16.1. The van der Waals surface area contributed by atoms with Gasteiger partial charge in [0.25, 0.3) is 0 Å². The first-order valence-electron chi connectivity index (χ1n) is 9.26. The molecular formula is C22H21ClN4O2. The van der Waals surface area contributed by atoms with Crippen molar-refractivity contribution in [1.29, 1.82) is 0 Å². The van der Waals surface area contributed by atoms with Crippen LogP contribution in [0.1, 0.15) is 25.5 Å². The lowest BCUT2D eigenvalue weighted by atomic mass is 10.1. The maximum atomic E-state index is 9.19. The van der Waals surface area contributed by atoms with E-state index in [9.17, 15) is 5.11 Å². The summed E-state index contributed by atoms with van der Waals surface area (Å²) in [5, 5.41) is 10.5. The molecule has 0 amide bonds. The number of aromatic nitrogens is 3. The van der Waals surface area contributed by atoms with Gasteiger partial charge in [0.2, 0.25) is 0 Å². The number of aliphatic hydroxyl groups excluding tert-OH is 1. The Balaban J connectivity index is 1.68. The monoisotopic (exact) mass is 408 g/mol. The van der Waals surface area contributed by atoms with E-state index in [4.69, 9.17) is 22.1 Å². The van der Waals surface area contributed by atoms with Gasteiger partial charge in [-0.05, 0) is 49.2 Å². The van der Waals surface area contributed by atoms with Gasteiger partial charge in [-0.1, -0.05) is 29.8 Å². The molecule has 4 rings (SSSR count). The number of hydrogen-bond acceptors (Lipinski definition) is 5. The van der Waals surface area contributed by atoms with Crippen LogP contribution in [0.3, 0.4) is 0 Å². The van der Waals surface area contributed by atoms with Crippen molar-refractivity contribution in [1.82, 2.24) is 14.5 Å². The largest absolute Gasteiger partial charge is 0.456 e. The zero-order chi connectivity index (χ0) is 20.5. The Morgan fingerprint density at radius 1 is 1.14 bits per heavy atom. The Hall–Kier alpha value is -3.09. The molecule has 4 aromatic rings. The van der Waals surface area contributed by atoms with Gasteiger partial charge in [0, 0.05) is 17.8 Å². The molecule has 3 N–H and O–H groups in total. The number of anilines is 1. The number of nitrogens with two attached hydrogens (primary N) is 1. The number of aliphatic hydroxyl groups is 1. The smallest absolute Gasteiger partial charge is 0.146 e. The summed E-state index contributed by atoms with van der Waals surface area (Å²) in [7, 11) is 0. The lowest BCUT2D eigenvalue weighted by Crippen LogP contribution is -2.00. The number of nitrogens with zero attached hydrogens (tertiary/aromatic N) is 3. The van der Waals surface area contributed by atoms with E-state index in [2.05, 4.69) is 34.6 Å². The third kappa shape index (κ3) is 3.64. The number of rotatable bonds is 5. The van der Waals surface area contributed by atoms with Crippen molar-refractivity contribution in [2.45, 2.75) is 26.5 Å². The molecule has 0 spiro atoms. The van der Waals surface area contributed by atoms with E-state index in [1.165, 1.54) is 6.33 Å². The van der Waals surface area contributed by atoms with Crippen LogP contribution in [0, 0.1) is 0 Å². The molecule has 0 atom stereocenters. The van der Waals surface area contributed by atoms with Crippen LogP contribution in [0.2, 0.25) is 5.02 Å². The third-order valence-electron chi connectivity index (χ3n) is 4.77. The van der Waals surface area contributed by atoms with Gasteiger partial charge in [-0.2, -0.15) is 0 Å². The maximum Gasteiger partial charge on any atom is 0.146 e. The van der Waals surface area contributed by atoms with Crippen molar-refractivity contribution in [2.75, 3.05) is 5.73 Å². The summed E-state index contributed by atoms with van der Waals surface area (Å²) in [4.78, 5) is 8.58. The van der Waals surface area contributed by atoms with Crippen LogP contribution in [0.25, 0.3) is 22.2 Å². The Labute approximate surface area is 173 Å². The molecule has 0 radical (unpaired) electrons. The maximum absolute atomic E-state index is 9.19. The van der Waals surface area contributed by atoms with Crippen molar-refractivity contribution in [3.8, 4) is 22.6 Å². The molecular weight excluding hydrogens is 388 g/mol. The predicted molar refractivity (Wildman–Crippen MR) is 115 cm³/mol. The van der Waals surface area contributed by atoms with Gasteiger partial charge in [0.1, 0.15) is 29.3 Å². The van der Waals surface area contributed by atoms with Gasteiger partial charge in [-0.3, -0.25) is 0 Å². The Morgan fingerprint density at radius 2 is 1.90 bits per heavy atom. The van der Waals surface area contributed by atoms with Crippen molar-refractivity contribution in [2.24, 2.45) is 0 Å². The topological polar surface area (TPSA) is 86.2 Å². The summed E-state index contributed by atoms with van der Waals surface area (Å²) < 4.78 is 7.98. The summed E-state index contributed by atoms with van der Waals surface area (Å²) in [6, 6.07) is 13.2. The number of benzene rings is 2. The minimum atomic E-state index is -0.0640. The number of ether oxygens (including phenoxy) is 1. The number of halogens is 1. The normalized spacial score (nSPS) is 11.3. The molecule has 0 aliphatic heterocycles. The molecule has 29 heavy (non-hydrogen) atoms. The fourth-order valence-corrected chi connectivity index (χ4v) is 3.52. The quantitative estimate of drug-likeness (QED) is 0.474. The lowest BCUT2D eigenvalue weighted by Gasteiger charge is -2.09. The van der Waals surface area contributed by atoms with Gasteiger partial charge in [-0.15, -0.1) is 0 Å². The first kappa shape index (κ1) is 19.2. The molecule has 7 heteroatoms. The van der Waals surface area contributed by atoms with Crippen molar-refractivity contribution in [3.05, 3.63) is 65.6 Å².